The first-order chi connectivity index (χ1) is 25.9. The van der Waals surface area contributed by atoms with Gasteiger partial charge in [0.25, 0.3) is 0 Å². The number of unbranched alkanes of at least 4 members (excludes halogenated alkanes) is 3. The second kappa shape index (κ2) is 30.5. The van der Waals surface area contributed by atoms with E-state index in [1.807, 2.05) is 20.8 Å². The second-order valence-corrected chi connectivity index (χ2v) is 17.1. The number of carbonyl (C=O) groups is 3. The molecule has 306 valence electrons. The molecule has 1 aromatic rings. The Bertz CT molecular complexity index is 1330. The van der Waals surface area contributed by atoms with Crippen molar-refractivity contribution >= 4 is 98.6 Å². The molecule has 0 spiro atoms. The van der Waals surface area contributed by atoms with Crippen LogP contribution >= 0.6 is 64.8 Å². The third kappa shape index (κ3) is 22.0. The topological polar surface area (TPSA) is 237 Å². The minimum atomic E-state index is -1.03. The lowest BCUT2D eigenvalue weighted by Gasteiger charge is -2.11. The van der Waals surface area contributed by atoms with E-state index in [1.54, 1.807) is 0 Å². The van der Waals surface area contributed by atoms with Crippen molar-refractivity contribution in [1.29, 1.82) is 0 Å². The maximum Gasteiger partial charge on any atom is 0.561 e. The lowest BCUT2D eigenvalue weighted by Crippen LogP contribution is -2.55. The Morgan fingerprint density at radius 1 is 0.463 bits per heavy atom. The zero-order valence-corrected chi connectivity index (χ0v) is 35.2. The van der Waals surface area contributed by atoms with Crippen molar-refractivity contribution in [2.45, 2.75) is 78.9 Å². The van der Waals surface area contributed by atoms with Crippen LogP contribution in [-0.2, 0) is 62.4 Å². The van der Waals surface area contributed by atoms with Crippen LogP contribution < -0.4 is 17.1 Å². The molecule has 0 radical (unpaired) electrons. The molecule has 1 rings (SSSR count). The Labute approximate surface area is 335 Å². The molecule has 0 amide bonds. The van der Waals surface area contributed by atoms with Crippen LogP contribution in [0.4, 0.5) is 0 Å². The van der Waals surface area contributed by atoms with Crippen LogP contribution in [0.1, 0.15) is 59.3 Å². The minimum absolute atomic E-state index is 0.0629. The molecule has 0 saturated heterocycles. The first-order valence-electron chi connectivity index (χ1n) is 16.8. The standard InChI is InChI=1S/C30H45N3O15S6/c1-4-7-13-43-22(34)19-49-52-28(40)46-16-10-31-25(37)32(11-17-47-29(41)53-50-20-23(35)44-14-8-5-2)27(39)33(26(31)38)12-18-48-30(42)54-51-21-24(36)45-15-9-6-3/h4-21H2,1-3H3/p+3. The summed E-state index contributed by atoms with van der Waals surface area (Å²) in [6.07, 6.45) is 4.79. The molecule has 18 nitrogen and oxygen atoms in total. The molecule has 1 heterocycles. The van der Waals surface area contributed by atoms with Gasteiger partial charge in [-0.3, -0.25) is 14.4 Å². The quantitative estimate of drug-likeness (QED) is 0.0406. The van der Waals surface area contributed by atoms with E-state index >= 15 is 0 Å². The van der Waals surface area contributed by atoms with E-state index < -0.39 is 70.5 Å². The number of ether oxygens (including phenoxy) is 6. The van der Waals surface area contributed by atoms with E-state index in [-0.39, 0.29) is 37.1 Å². The average Bonchev–Trinajstić information content (AvgIpc) is 3.13. The van der Waals surface area contributed by atoms with E-state index in [0.29, 0.717) is 33.5 Å². The fourth-order valence-electron chi connectivity index (χ4n) is 3.50. The molecule has 0 unspecified atom stereocenters. The molecular formula is C30H48N3O15S6+3. The fourth-order valence-corrected chi connectivity index (χ4v) is 7.65. The third-order valence-electron chi connectivity index (χ3n) is 6.21. The summed E-state index contributed by atoms with van der Waals surface area (Å²) in [7, 11) is 5.09. The average molecular weight is 883 g/mol. The monoisotopic (exact) mass is 882 g/mol. The Kier molecular flexibility index (Phi) is 27.9. The number of aromatic nitrogens is 3. The van der Waals surface area contributed by atoms with Crippen molar-refractivity contribution in [3.8, 4) is 0 Å². The highest BCUT2D eigenvalue weighted by Gasteiger charge is 2.23. The second-order valence-electron chi connectivity index (χ2n) is 10.4. The van der Waals surface area contributed by atoms with Crippen molar-refractivity contribution in [2.75, 3.05) is 56.9 Å². The highest BCUT2D eigenvalue weighted by molar-refractivity contribution is 8.82. The summed E-state index contributed by atoms with van der Waals surface area (Å²) < 4.78 is 32.8. The highest BCUT2D eigenvalue weighted by atomic mass is 33.1. The van der Waals surface area contributed by atoms with Gasteiger partial charge < -0.3 is 42.8 Å². The van der Waals surface area contributed by atoms with Gasteiger partial charge in [0, 0.05) is 0 Å². The Hall–Kier alpha value is -2.67. The van der Waals surface area contributed by atoms with E-state index in [1.165, 1.54) is 0 Å². The van der Waals surface area contributed by atoms with Gasteiger partial charge in [-0.05, 0) is 19.3 Å². The summed E-state index contributed by atoms with van der Waals surface area (Å²) in [6.45, 7) is 4.37. The number of rotatable bonds is 27. The van der Waals surface area contributed by atoms with Crippen LogP contribution in [0.2, 0.25) is 0 Å². The number of nitrogens with zero attached hydrogens (tertiary/aromatic N) is 3. The van der Waals surface area contributed by atoms with Gasteiger partial charge >= 0.3 is 50.9 Å². The van der Waals surface area contributed by atoms with Gasteiger partial charge in [0.15, 0.2) is 0 Å². The summed E-state index contributed by atoms with van der Waals surface area (Å²) in [4.78, 5) is 105. The molecule has 0 saturated carbocycles. The largest absolute Gasteiger partial charge is 0.561 e. The molecule has 0 atom stereocenters. The Morgan fingerprint density at radius 3 is 0.963 bits per heavy atom. The zero-order chi connectivity index (χ0) is 40.1. The molecular weight excluding hydrogens is 835 g/mol. The molecule has 1 aromatic heterocycles. The normalized spacial score (nSPS) is 10.7. The predicted octanol–water partition coefficient (Wildman–Crippen LogP) is 2.78. The van der Waals surface area contributed by atoms with Gasteiger partial charge in [-0.1, -0.05) is 72.4 Å². The molecule has 54 heavy (non-hydrogen) atoms. The summed E-state index contributed by atoms with van der Waals surface area (Å²) >= 11 is 0. The van der Waals surface area contributed by atoms with Gasteiger partial charge in [0.1, 0.15) is 17.3 Å². The van der Waals surface area contributed by atoms with E-state index in [0.717, 1.165) is 103 Å². The van der Waals surface area contributed by atoms with Crippen LogP contribution in [0.5, 0.6) is 0 Å². The van der Waals surface area contributed by atoms with Gasteiger partial charge in [-0.25, -0.2) is 28.1 Å². The number of esters is 3. The fraction of sp³-hybridized carbons (Fsp3) is 0.700. The van der Waals surface area contributed by atoms with Crippen LogP contribution in [-0.4, -0.2) is 119 Å². The van der Waals surface area contributed by atoms with E-state index in [9.17, 15) is 43.2 Å². The number of hydrogen-bond donors (Lipinski definition) is 0. The smallest absolute Gasteiger partial charge is 0.465 e. The molecule has 0 fully saturated rings. The first-order valence-corrected chi connectivity index (χ1v) is 23.8. The van der Waals surface area contributed by atoms with Crippen LogP contribution in [0, 0.1) is 0 Å². The van der Waals surface area contributed by atoms with Crippen molar-refractivity contribution in [1.82, 2.24) is 13.7 Å². The van der Waals surface area contributed by atoms with Crippen LogP contribution in [0.25, 0.3) is 0 Å². The molecule has 0 aliphatic carbocycles. The summed E-state index contributed by atoms with van der Waals surface area (Å²) in [5, 5.41) is -1.64. The zero-order valence-electron chi connectivity index (χ0n) is 30.3. The van der Waals surface area contributed by atoms with Gasteiger partial charge in [0.05, 0.1) is 71.8 Å². The Morgan fingerprint density at radius 2 is 0.722 bits per heavy atom. The van der Waals surface area contributed by atoms with Gasteiger partial charge in [-0.15, -0.1) is 0 Å². The maximum atomic E-state index is 13.3. The van der Waals surface area contributed by atoms with Crippen molar-refractivity contribution in [3.63, 3.8) is 0 Å². The number of hydrogen-bond acceptors (Lipinski definition) is 18. The molecule has 24 heteroatoms. The maximum absolute atomic E-state index is 13.3. The predicted molar refractivity (Wildman–Crippen MR) is 216 cm³/mol. The first kappa shape index (κ1) is 49.3. The van der Waals surface area contributed by atoms with E-state index in [4.69, 9.17) is 28.4 Å². The SMILES string of the molecule is CCCCOC(=O)CSSC(=[OH+])OCCn1c(=O)n(CCOC(=[OH+])SSCC(=O)OCCCC)c(=O)n(CCOC(=[OH+])SSCC(=O)OCCCC)c1=O. The molecule has 0 aromatic carbocycles. The van der Waals surface area contributed by atoms with Crippen LogP contribution in [0.3, 0.4) is 0 Å². The minimum Gasteiger partial charge on any atom is -0.465 e. The van der Waals surface area contributed by atoms with Crippen molar-refractivity contribution < 1.29 is 57.2 Å². The van der Waals surface area contributed by atoms with Crippen LogP contribution in [0.15, 0.2) is 14.4 Å². The molecule has 3 N–H and O–H groups in total. The van der Waals surface area contributed by atoms with Gasteiger partial charge in [0.2, 0.25) is 19.8 Å². The summed E-state index contributed by atoms with van der Waals surface area (Å²) in [5.74, 6) is -1.58. The highest BCUT2D eigenvalue weighted by Crippen LogP contribution is 2.24. The Balaban J connectivity index is 2.89. The van der Waals surface area contributed by atoms with E-state index in [2.05, 4.69) is 0 Å². The molecule has 0 aliphatic rings. The van der Waals surface area contributed by atoms with Gasteiger partial charge in [-0.2, -0.15) is 0 Å². The van der Waals surface area contributed by atoms with Crippen molar-refractivity contribution in [3.05, 3.63) is 31.5 Å². The third-order valence-corrected chi connectivity index (χ3v) is 11.8. The lowest BCUT2D eigenvalue weighted by atomic mass is 10.4. The summed E-state index contributed by atoms with van der Waals surface area (Å²) in [5.41, 5.74) is -3.10. The van der Waals surface area contributed by atoms with Crippen molar-refractivity contribution in [2.24, 2.45) is 0 Å². The summed E-state index contributed by atoms with van der Waals surface area (Å²) in [6, 6.07) is 0. The lowest BCUT2D eigenvalue weighted by molar-refractivity contribution is -0.141. The molecule has 0 bridgehead atoms. The number of carbonyl (C=O) groups excluding carboxylic acids is 6. The molecule has 0 aliphatic heterocycles.